The summed E-state index contributed by atoms with van der Waals surface area (Å²) in [4.78, 5) is 11.1. The standard InChI is InChI=1S/C24H40O8/c1-12(4-5-18(27)28)14-7-9-24(32)22(14,3)17(26)11-16-21(2)13(6-8-23(16,24)31)10-15(25)19(29)20(21)30/h12-17,19-20,25-26,29-32H,4-11H2,1-3H3,(H,27,28). The maximum Gasteiger partial charge on any atom is 0.303 e. The number of hydrogen-bond acceptors (Lipinski definition) is 7. The minimum absolute atomic E-state index is 0.0152. The number of aliphatic hydroxyl groups excluding tert-OH is 4. The van der Waals surface area contributed by atoms with Gasteiger partial charge in [-0.2, -0.15) is 0 Å². The van der Waals surface area contributed by atoms with Crippen molar-refractivity contribution in [2.75, 3.05) is 0 Å². The van der Waals surface area contributed by atoms with Crippen LogP contribution in [0.3, 0.4) is 0 Å². The van der Waals surface area contributed by atoms with Crippen LogP contribution in [0.4, 0.5) is 0 Å². The largest absolute Gasteiger partial charge is 0.481 e. The molecule has 8 heteroatoms. The zero-order valence-electron chi connectivity index (χ0n) is 19.3. The Bertz CT molecular complexity index is 756. The molecule has 4 saturated carbocycles. The molecule has 0 spiro atoms. The number of aliphatic carboxylic acids is 1. The van der Waals surface area contributed by atoms with Crippen molar-refractivity contribution in [3.63, 3.8) is 0 Å². The number of carbonyl (C=O) groups is 1. The van der Waals surface area contributed by atoms with Gasteiger partial charge in [0.2, 0.25) is 0 Å². The smallest absolute Gasteiger partial charge is 0.303 e. The van der Waals surface area contributed by atoms with Crippen molar-refractivity contribution in [2.45, 2.75) is 108 Å². The molecular formula is C24H40O8. The van der Waals surface area contributed by atoms with Crippen LogP contribution in [0.1, 0.15) is 72.1 Å². The molecule has 184 valence electrons. The van der Waals surface area contributed by atoms with Crippen molar-refractivity contribution >= 4 is 5.97 Å². The highest BCUT2D eigenvalue weighted by Crippen LogP contribution is 2.71. The molecule has 4 rings (SSSR count). The van der Waals surface area contributed by atoms with Crippen LogP contribution in [-0.2, 0) is 4.79 Å². The third-order valence-corrected chi connectivity index (χ3v) is 10.8. The van der Waals surface area contributed by atoms with Gasteiger partial charge < -0.3 is 35.7 Å². The highest BCUT2D eigenvalue weighted by Gasteiger charge is 2.77. The van der Waals surface area contributed by atoms with E-state index in [1.165, 1.54) is 0 Å². The van der Waals surface area contributed by atoms with E-state index in [-0.39, 0.29) is 37.0 Å². The minimum Gasteiger partial charge on any atom is -0.481 e. The molecule has 4 aliphatic rings. The fourth-order valence-corrected chi connectivity index (χ4v) is 8.79. The second-order valence-corrected chi connectivity index (χ2v) is 11.8. The highest BCUT2D eigenvalue weighted by atomic mass is 16.4. The lowest BCUT2D eigenvalue weighted by Crippen LogP contribution is -2.78. The first-order valence-corrected chi connectivity index (χ1v) is 12.1. The van der Waals surface area contributed by atoms with Gasteiger partial charge in [-0.05, 0) is 62.7 Å². The van der Waals surface area contributed by atoms with E-state index in [1.54, 1.807) is 0 Å². The predicted octanol–water partition coefficient (Wildman–Crippen LogP) is 0.649. The molecule has 0 aliphatic heterocycles. The van der Waals surface area contributed by atoms with E-state index in [2.05, 4.69) is 0 Å². The molecule has 0 aromatic heterocycles. The lowest BCUT2D eigenvalue weighted by Gasteiger charge is -2.69. The zero-order chi connectivity index (χ0) is 23.9. The summed E-state index contributed by atoms with van der Waals surface area (Å²) in [6.45, 7) is 5.59. The predicted molar refractivity (Wildman–Crippen MR) is 114 cm³/mol. The molecule has 0 saturated heterocycles. The average Bonchev–Trinajstić information content (AvgIpc) is 3.02. The summed E-state index contributed by atoms with van der Waals surface area (Å²) in [7, 11) is 0. The molecule has 0 bridgehead atoms. The number of carboxylic acids is 1. The third-order valence-electron chi connectivity index (χ3n) is 10.8. The molecule has 12 atom stereocenters. The van der Waals surface area contributed by atoms with E-state index in [0.29, 0.717) is 32.1 Å². The fraction of sp³-hybridized carbons (Fsp3) is 0.958. The zero-order valence-corrected chi connectivity index (χ0v) is 19.3. The Hall–Kier alpha value is -0.770. The number of hydrogen-bond donors (Lipinski definition) is 7. The second-order valence-electron chi connectivity index (χ2n) is 11.8. The van der Waals surface area contributed by atoms with Gasteiger partial charge in [-0.1, -0.05) is 20.8 Å². The summed E-state index contributed by atoms with van der Waals surface area (Å²) in [5.74, 6) is -1.87. The number of rotatable bonds is 4. The van der Waals surface area contributed by atoms with Gasteiger partial charge in [-0.3, -0.25) is 4.79 Å². The molecule has 12 unspecified atom stereocenters. The summed E-state index contributed by atoms with van der Waals surface area (Å²) < 4.78 is 0. The summed E-state index contributed by atoms with van der Waals surface area (Å²) >= 11 is 0. The van der Waals surface area contributed by atoms with E-state index in [9.17, 15) is 35.4 Å². The lowest BCUT2D eigenvalue weighted by molar-refractivity contribution is -0.338. The van der Waals surface area contributed by atoms with Crippen LogP contribution in [0.25, 0.3) is 0 Å². The molecule has 0 aromatic rings. The molecular weight excluding hydrogens is 416 g/mol. The summed E-state index contributed by atoms with van der Waals surface area (Å²) in [6.07, 6.45) is -2.03. The van der Waals surface area contributed by atoms with Crippen LogP contribution < -0.4 is 0 Å². The van der Waals surface area contributed by atoms with E-state index in [1.807, 2.05) is 20.8 Å². The minimum atomic E-state index is -1.60. The van der Waals surface area contributed by atoms with Gasteiger partial charge in [-0.25, -0.2) is 0 Å². The van der Waals surface area contributed by atoms with Crippen LogP contribution in [0, 0.1) is 34.5 Å². The maximum absolute atomic E-state index is 12.2. The van der Waals surface area contributed by atoms with Crippen molar-refractivity contribution in [1.82, 2.24) is 0 Å². The lowest BCUT2D eigenvalue weighted by atomic mass is 9.39. The third kappa shape index (κ3) is 2.86. The number of aliphatic hydroxyl groups is 6. The fourth-order valence-electron chi connectivity index (χ4n) is 8.79. The molecule has 32 heavy (non-hydrogen) atoms. The summed E-state index contributed by atoms with van der Waals surface area (Å²) in [5, 5.41) is 76.7. The molecule has 4 aliphatic carbocycles. The van der Waals surface area contributed by atoms with E-state index in [4.69, 9.17) is 5.11 Å². The Morgan fingerprint density at radius 2 is 1.69 bits per heavy atom. The van der Waals surface area contributed by atoms with Gasteiger partial charge in [0, 0.05) is 23.2 Å². The summed E-state index contributed by atoms with van der Waals surface area (Å²) in [5.41, 5.74) is -5.14. The molecule has 0 radical (unpaired) electrons. The normalized spacial score (nSPS) is 56.1. The van der Waals surface area contributed by atoms with Crippen molar-refractivity contribution in [3.05, 3.63) is 0 Å². The second kappa shape index (κ2) is 7.62. The van der Waals surface area contributed by atoms with Crippen LogP contribution in [0.2, 0.25) is 0 Å². The van der Waals surface area contributed by atoms with Gasteiger partial charge in [0.1, 0.15) is 11.7 Å². The van der Waals surface area contributed by atoms with Crippen molar-refractivity contribution in [3.8, 4) is 0 Å². The van der Waals surface area contributed by atoms with Crippen molar-refractivity contribution < 1.29 is 40.5 Å². The molecule has 0 aromatic carbocycles. The van der Waals surface area contributed by atoms with Gasteiger partial charge in [0.25, 0.3) is 0 Å². The van der Waals surface area contributed by atoms with E-state index in [0.717, 1.165) is 0 Å². The van der Waals surface area contributed by atoms with Crippen LogP contribution >= 0.6 is 0 Å². The van der Waals surface area contributed by atoms with Gasteiger partial charge in [-0.15, -0.1) is 0 Å². The summed E-state index contributed by atoms with van der Waals surface area (Å²) in [6, 6.07) is 0. The average molecular weight is 457 g/mol. The van der Waals surface area contributed by atoms with E-state index < -0.39 is 58.3 Å². The molecule has 0 heterocycles. The first-order chi connectivity index (χ1) is 14.7. The van der Waals surface area contributed by atoms with Gasteiger partial charge in [0.05, 0.1) is 23.9 Å². The first kappa shape index (κ1) is 24.4. The number of fused-ring (bicyclic) bond motifs is 5. The van der Waals surface area contributed by atoms with Crippen LogP contribution in [0.5, 0.6) is 0 Å². The highest BCUT2D eigenvalue weighted by molar-refractivity contribution is 5.66. The van der Waals surface area contributed by atoms with Gasteiger partial charge in [0.15, 0.2) is 0 Å². The Balaban J connectivity index is 1.72. The SMILES string of the molecule is CC(CCC(=O)O)C1CCC2(O)C3(O)CCC4CC(O)C(O)C(O)C4(C)C3CC(O)C12C. The topological polar surface area (TPSA) is 159 Å². The van der Waals surface area contributed by atoms with Crippen molar-refractivity contribution in [1.29, 1.82) is 0 Å². The Kier molecular flexibility index (Phi) is 5.80. The van der Waals surface area contributed by atoms with Crippen LogP contribution in [-0.4, -0.2) is 77.3 Å². The Labute approximate surface area is 189 Å². The first-order valence-electron chi connectivity index (χ1n) is 12.1. The maximum atomic E-state index is 12.2. The van der Waals surface area contributed by atoms with Gasteiger partial charge >= 0.3 is 5.97 Å². The molecule has 7 N–H and O–H groups in total. The molecule has 0 amide bonds. The molecule has 8 nitrogen and oxygen atoms in total. The quantitative estimate of drug-likeness (QED) is 0.325. The molecule has 4 fully saturated rings. The van der Waals surface area contributed by atoms with E-state index >= 15 is 0 Å². The number of carboxylic acid groups (broad SMARTS) is 1. The van der Waals surface area contributed by atoms with Crippen LogP contribution in [0.15, 0.2) is 0 Å². The monoisotopic (exact) mass is 456 g/mol. The Morgan fingerprint density at radius 1 is 1.03 bits per heavy atom. The Morgan fingerprint density at radius 3 is 2.31 bits per heavy atom. The van der Waals surface area contributed by atoms with Crippen molar-refractivity contribution in [2.24, 2.45) is 34.5 Å².